The van der Waals surface area contributed by atoms with Crippen molar-refractivity contribution in [3.8, 4) is 22.4 Å². The van der Waals surface area contributed by atoms with Crippen LogP contribution in [0, 0.1) is 10.1 Å². The summed E-state index contributed by atoms with van der Waals surface area (Å²) in [5, 5.41) is 11.1. The summed E-state index contributed by atoms with van der Waals surface area (Å²) in [4.78, 5) is 23.4. The van der Waals surface area contributed by atoms with Gasteiger partial charge >= 0.3 is 11.2 Å². The summed E-state index contributed by atoms with van der Waals surface area (Å²) >= 11 is 1.11. The minimum absolute atomic E-state index is 0.0641. The van der Waals surface area contributed by atoms with E-state index in [0.29, 0.717) is 55.0 Å². The molecule has 1 aliphatic rings. The number of nitrogens with zero attached hydrogens (tertiary/aromatic N) is 5. The first-order valence-electron chi connectivity index (χ1n) is 12.5. The van der Waals surface area contributed by atoms with E-state index in [1.54, 1.807) is 60.7 Å². The maximum atomic E-state index is 14.1. The second-order valence-electron chi connectivity index (χ2n) is 9.41. The Hall–Kier alpha value is -3.88. The van der Waals surface area contributed by atoms with Crippen molar-refractivity contribution in [2.24, 2.45) is 0 Å². The van der Waals surface area contributed by atoms with Crippen LogP contribution in [0.3, 0.4) is 0 Å². The number of rotatable bonds is 8. The molecule has 41 heavy (non-hydrogen) atoms. The Balaban J connectivity index is 1.52. The third-order valence-electron chi connectivity index (χ3n) is 6.62. The van der Waals surface area contributed by atoms with E-state index in [2.05, 4.69) is 14.9 Å². The van der Waals surface area contributed by atoms with Gasteiger partial charge in [-0.2, -0.15) is 13.2 Å². The van der Waals surface area contributed by atoms with Crippen molar-refractivity contribution in [3.05, 3.63) is 93.1 Å². The second kappa shape index (κ2) is 11.9. The topological polar surface area (TPSA) is 110 Å². The van der Waals surface area contributed by atoms with Gasteiger partial charge in [-0.3, -0.25) is 15.0 Å². The van der Waals surface area contributed by atoms with Crippen LogP contribution in [0.1, 0.15) is 16.3 Å². The quantitative estimate of drug-likeness (QED) is 0.166. The van der Waals surface area contributed by atoms with Gasteiger partial charge in [0.15, 0.2) is 0 Å². The lowest BCUT2D eigenvalue weighted by Gasteiger charge is -2.36. The smallest absolute Gasteiger partial charge is 0.353 e. The molecule has 3 heterocycles. The summed E-state index contributed by atoms with van der Waals surface area (Å²) in [6.07, 6.45) is -4.80. The predicted molar refractivity (Wildman–Crippen MR) is 150 cm³/mol. The van der Waals surface area contributed by atoms with E-state index in [1.807, 2.05) is 4.90 Å². The molecule has 0 atom stereocenters. The summed E-state index contributed by atoms with van der Waals surface area (Å²) < 4.78 is 64.5. The van der Waals surface area contributed by atoms with Crippen molar-refractivity contribution in [1.82, 2.24) is 14.9 Å². The zero-order valence-corrected chi connectivity index (χ0v) is 23.2. The number of piperazine rings is 1. The normalized spacial score (nSPS) is 14.5. The van der Waals surface area contributed by atoms with E-state index < -0.39 is 27.6 Å². The van der Waals surface area contributed by atoms with Crippen LogP contribution in [-0.2, 0) is 29.2 Å². The Morgan fingerprint density at radius 3 is 2.17 bits per heavy atom. The van der Waals surface area contributed by atoms with Crippen molar-refractivity contribution in [1.29, 1.82) is 0 Å². The highest BCUT2D eigenvalue weighted by atomic mass is 32.2. The molecule has 1 aliphatic heterocycles. The average Bonchev–Trinajstić information content (AvgIpc) is 3.42. The van der Waals surface area contributed by atoms with Crippen LogP contribution in [0.4, 0.5) is 24.0 Å². The van der Waals surface area contributed by atoms with Gasteiger partial charge in [-0.05, 0) is 17.2 Å². The number of nitro groups is 1. The van der Waals surface area contributed by atoms with Gasteiger partial charge in [0.05, 0.1) is 21.9 Å². The zero-order valence-electron chi connectivity index (χ0n) is 21.5. The highest BCUT2D eigenvalue weighted by molar-refractivity contribution is 7.71. The van der Waals surface area contributed by atoms with Gasteiger partial charge in [0.1, 0.15) is 16.5 Å². The number of thiophene rings is 1. The molecule has 0 N–H and O–H groups in total. The lowest BCUT2D eigenvalue weighted by Crippen LogP contribution is -2.46. The van der Waals surface area contributed by atoms with E-state index >= 15 is 0 Å². The lowest BCUT2D eigenvalue weighted by molar-refractivity contribution is -0.380. The summed E-state index contributed by atoms with van der Waals surface area (Å²) in [5.41, 5.74) is 2.11. The highest BCUT2D eigenvalue weighted by Gasteiger charge is 2.38. The molecule has 1 fully saturated rings. The van der Waals surface area contributed by atoms with Crippen LogP contribution in [0.5, 0.6) is 0 Å². The van der Waals surface area contributed by atoms with Gasteiger partial charge in [0.25, 0.3) is 0 Å². The average molecular weight is 604 g/mol. The highest BCUT2D eigenvalue weighted by Crippen LogP contribution is 2.40. The monoisotopic (exact) mass is 603 g/mol. The van der Waals surface area contributed by atoms with Crippen molar-refractivity contribution in [2.75, 3.05) is 31.1 Å². The molecule has 0 saturated carbocycles. The molecule has 2 aromatic carbocycles. The van der Waals surface area contributed by atoms with Crippen molar-refractivity contribution < 1.29 is 26.5 Å². The molecular weight excluding hydrogens is 579 g/mol. The van der Waals surface area contributed by atoms with Crippen molar-refractivity contribution in [3.63, 3.8) is 0 Å². The molecule has 9 nitrogen and oxygen atoms in total. The molecular formula is C27H24F3N5O4S2. The fourth-order valence-corrected chi connectivity index (χ4v) is 6.06. The number of hydrogen-bond acceptors (Lipinski definition) is 9. The van der Waals surface area contributed by atoms with Gasteiger partial charge in [-0.25, -0.2) is 18.4 Å². The molecule has 0 spiro atoms. The predicted octanol–water partition coefficient (Wildman–Crippen LogP) is 5.23. The number of halogens is 3. The number of aromatic nitrogens is 2. The van der Waals surface area contributed by atoms with Crippen molar-refractivity contribution in [2.45, 2.75) is 18.5 Å². The summed E-state index contributed by atoms with van der Waals surface area (Å²) in [7, 11) is -2.65. The number of anilines is 1. The Kier molecular flexibility index (Phi) is 8.33. The first-order valence-corrected chi connectivity index (χ1v) is 14.7. The number of thiol groups is 1. The van der Waals surface area contributed by atoms with Gasteiger partial charge in [0, 0.05) is 49.2 Å². The van der Waals surface area contributed by atoms with Crippen LogP contribution in [0.2, 0.25) is 0 Å². The van der Waals surface area contributed by atoms with Gasteiger partial charge in [-0.1, -0.05) is 65.9 Å². The lowest BCUT2D eigenvalue weighted by atomic mass is 9.98. The van der Waals surface area contributed by atoms with Gasteiger partial charge in [-0.15, -0.1) is 0 Å². The Labute approximate surface area is 239 Å². The van der Waals surface area contributed by atoms with E-state index in [0.717, 1.165) is 16.2 Å². The Morgan fingerprint density at radius 2 is 1.59 bits per heavy atom. The van der Waals surface area contributed by atoms with E-state index in [-0.39, 0.29) is 22.3 Å². The first-order chi connectivity index (χ1) is 19.6. The molecule has 14 heteroatoms. The van der Waals surface area contributed by atoms with E-state index in [1.165, 1.54) is 6.07 Å². The molecule has 5 rings (SSSR count). The Morgan fingerprint density at radius 1 is 0.902 bits per heavy atom. The Bertz CT molecular complexity index is 1610. The number of hydrogen-bond donors (Lipinski definition) is 1. The summed E-state index contributed by atoms with van der Waals surface area (Å²) in [6.45, 7) is 2.31. The van der Waals surface area contributed by atoms with Crippen LogP contribution in [-0.4, -0.2) is 54.4 Å². The first kappa shape index (κ1) is 28.6. The maximum absolute atomic E-state index is 14.1. The third-order valence-corrected chi connectivity index (χ3v) is 8.27. The summed E-state index contributed by atoms with van der Waals surface area (Å²) in [5.74, 6) is -1.28. The molecule has 4 aromatic rings. The minimum Gasteiger partial charge on any atom is -0.353 e. The fraction of sp³-hybridized carbons (Fsp3) is 0.259. The molecule has 0 bridgehead atoms. The summed E-state index contributed by atoms with van der Waals surface area (Å²) in [6, 6.07) is 18.4. The number of alkyl halides is 3. The number of benzene rings is 2. The zero-order chi connectivity index (χ0) is 29.1. The van der Waals surface area contributed by atoms with E-state index in [4.69, 9.17) is 0 Å². The largest absolute Gasteiger partial charge is 0.451 e. The third kappa shape index (κ3) is 6.72. The molecule has 0 aliphatic carbocycles. The van der Waals surface area contributed by atoms with Crippen LogP contribution >= 0.6 is 11.3 Å². The molecule has 2 aromatic heterocycles. The molecule has 214 valence electrons. The second-order valence-corrected chi connectivity index (χ2v) is 11.5. The molecule has 0 amide bonds. The molecule has 1 saturated heterocycles. The van der Waals surface area contributed by atoms with Gasteiger partial charge in [0.2, 0.25) is 5.82 Å². The van der Waals surface area contributed by atoms with Crippen LogP contribution in [0.25, 0.3) is 22.4 Å². The SMILES string of the molecule is O=[N+]([O-])c1ccc(CN2CCN(c3nc(C(F)(F)F)nc(-c4ccc(C[SH](=O)=O)cc4)c3-c3ccccc3)CC2)s1. The van der Waals surface area contributed by atoms with E-state index in [9.17, 15) is 31.7 Å². The standard InChI is InChI=1S/C27H24F3N5O4S2/c28-27(29,30)26-31-24(20-8-6-18(7-9-20)17-41(38)39)23(19-4-2-1-3-5-19)25(32-26)34-14-12-33(13-15-34)16-21-10-11-22(40-21)35(36)37/h1-11,41H,12-17H2. The fourth-order valence-electron chi connectivity index (χ4n) is 4.69. The van der Waals surface area contributed by atoms with Crippen molar-refractivity contribution >= 4 is 32.9 Å². The minimum atomic E-state index is -4.80. The molecule has 0 unspecified atom stereocenters. The van der Waals surface area contributed by atoms with Crippen LogP contribution < -0.4 is 4.90 Å². The van der Waals surface area contributed by atoms with Gasteiger partial charge < -0.3 is 4.90 Å². The maximum Gasteiger partial charge on any atom is 0.451 e. The van der Waals surface area contributed by atoms with Crippen LogP contribution in [0.15, 0.2) is 66.7 Å². The molecule has 0 radical (unpaired) electrons.